The third-order valence-corrected chi connectivity index (χ3v) is 8.54. The summed E-state index contributed by atoms with van der Waals surface area (Å²) in [6.07, 6.45) is 0.915. The fourth-order valence-corrected chi connectivity index (χ4v) is 5.91. The number of amides is 2. The summed E-state index contributed by atoms with van der Waals surface area (Å²) in [4.78, 5) is 29.1. The van der Waals surface area contributed by atoms with E-state index in [1.807, 2.05) is 77.9 Å². The predicted octanol–water partition coefficient (Wildman–Crippen LogP) is 5.26. The van der Waals surface area contributed by atoms with Gasteiger partial charge >= 0.3 is 0 Å². The second-order valence-electron chi connectivity index (χ2n) is 11.1. The maximum atomic E-state index is 14.1. The van der Waals surface area contributed by atoms with Gasteiger partial charge in [0.2, 0.25) is 11.8 Å². The largest absolute Gasteiger partial charge is 0.350 e. The number of sulfonamides is 1. The Hall–Kier alpha value is -3.65. The predicted molar refractivity (Wildman–Crippen MR) is 161 cm³/mol. The Morgan fingerprint density at radius 1 is 0.875 bits per heavy atom. The van der Waals surface area contributed by atoms with Gasteiger partial charge in [-0.25, -0.2) is 8.42 Å². The van der Waals surface area contributed by atoms with Crippen LogP contribution in [0.4, 0.5) is 5.69 Å². The Labute approximate surface area is 239 Å². The molecule has 0 aliphatic carbocycles. The van der Waals surface area contributed by atoms with E-state index in [4.69, 9.17) is 0 Å². The second-order valence-corrected chi connectivity index (χ2v) is 12.9. The van der Waals surface area contributed by atoms with Crippen molar-refractivity contribution in [3.05, 3.63) is 95.6 Å². The number of nitrogens with zero attached hydrogens (tertiary/aromatic N) is 2. The molecule has 1 atom stereocenters. The first kappa shape index (κ1) is 30.9. The van der Waals surface area contributed by atoms with Crippen LogP contribution < -0.4 is 9.62 Å². The summed E-state index contributed by atoms with van der Waals surface area (Å²) < 4.78 is 29.0. The van der Waals surface area contributed by atoms with Crippen molar-refractivity contribution in [1.29, 1.82) is 0 Å². The molecule has 0 spiro atoms. The number of aryl methyl sites for hydroxylation is 2. The Bertz CT molecular complexity index is 1400. The van der Waals surface area contributed by atoms with Crippen LogP contribution in [0.3, 0.4) is 0 Å². The zero-order valence-corrected chi connectivity index (χ0v) is 25.2. The standard InChI is InChI=1S/C32H41N3O4S/c1-7-29(31(37)33-32(4,5)6)34(21-20-26-14-10-8-11-15-26)30(36)23-35(27-19-18-24(2)25(3)22-27)40(38,39)28-16-12-9-13-17-28/h8-19,22,29H,7,20-21,23H2,1-6H3,(H,33,37)/t29-/m1/s1. The molecule has 7 nitrogen and oxygen atoms in total. The monoisotopic (exact) mass is 563 g/mol. The minimum absolute atomic E-state index is 0.0920. The van der Waals surface area contributed by atoms with Gasteiger partial charge in [-0.15, -0.1) is 0 Å². The molecule has 8 heteroatoms. The molecule has 0 heterocycles. The number of anilines is 1. The quantitative estimate of drug-likeness (QED) is 0.345. The highest BCUT2D eigenvalue weighted by Gasteiger charge is 2.34. The van der Waals surface area contributed by atoms with Crippen LogP contribution in [-0.4, -0.2) is 49.8 Å². The molecule has 0 aromatic heterocycles. The summed E-state index contributed by atoms with van der Waals surface area (Å²) in [6.45, 7) is 11.2. The zero-order valence-electron chi connectivity index (χ0n) is 24.3. The van der Waals surface area contributed by atoms with Crippen molar-refractivity contribution in [3.8, 4) is 0 Å². The van der Waals surface area contributed by atoms with Crippen LogP contribution in [0.25, 0.3) is 0 Å². The molecular weight excluding hydrogens is 522 g/mol. The number of hydrogen-bond acceptors (Lipinski definition) is 4. The number of rotatable bonds is 11. The fraction of sp³-hybridized carbons (Fsp3) is 0.375. The number of nitrogens with one attached hydrogen (secondary N) is 1. The smallest absolute Gasteiger partial charge is 0.264 e. The molecule has 3 aromatic rings. The van der Waals surface area contributed by atoms with Crippen molar-refractivity contribution in [1.82, 2.24) is 10.2 Å². The third-order valence-electron chi connectivity index (χ3n) is 6.76. The summed E-state index contributed by atoms with van der Waals surface area (Å²) in [7, 11) is -4.08. The number of carbonyl (C=O) groups excluding carboxylic acids is 2. The number of benzene rings is 3. The molecule has 3 aromatic carbocycles. The van der Waals surface area contributed by atoms with Crippen LogP contribution >= 0.6 is 0 Å². The van der Waals surface area contributed by atoms with Crippen molar-refractivity contribution in [2.75, 3.05) is 17.4 Å². The van der Waals surface area contributed by atoms with Crippen LogP contribution in [0.1, 0.15) is 50.8 Å². The lowest BCUT2D eigenvalue weighted by molar-refractivity contribution is -0.140. The van der Waals surface area contributed by atoms with E-state index >= 15 is 0 Å². The van der Waals surface area contributed by atoms with Gasteiger partial charge in [-0.3, -0.25) is 13.9 Å². The van der Waals surface area contributed by atoms with Gasteiger partial charge in [0, 0.05) is 12.1 Å². The molecule has 0 aliphatic heterocycles. The molecule has 0 radical (unpaired) electrons. The summed E-state index contributed by atoms with van der Waals surface area (Å²) in [6, 6.07) is 22.4. The highest BCUT2D eigenvalue weighted by Crippen LogP contribution is 2.26. The van der Waals surface area contributed by atoms with E-state index in [0.29, 0.717) is 18.5 Å². The lowest BCUT2D eigenvalue weighted by atomic mass is 10.1. The first-order chi connectivity index (χ1) is 18.8. The van der Waals surface area contributed by atoms with Crippen LogP contribution in [0, 0.1) is 13.8 Å². The van der Waals surface area contributed by atoms with Gasteiger partial charge in [0.15, 0.2) is 0 Å². The number of hydrogen-bond donors (Lipinski definition) is 1. The SMILES string of the molecule is CC[C@H](C(=O)NC(C)(C)C)N(CCc1ccccc1)C(=O)CN(c1ccc(C)c(C)c1)S(=O)(=O)c1ccccc1. The van der Waals surface area contributed by atoms with Gasteiger partial charge < -0.3 is 10.2 Å². The highest BCUT2D eigenvalue weighted by molar-refractivity contribution is 7.92. The van der Waals surface area contributed by atoms with Crippen molar-refractivity contribution in [2.45, 2.75) is 70.9 Å². The first-order valence-corrected chi connectivity index (χ1v) is 15.1. The Kier molecular flexibility index (Phi) is 10.1. The molecule has 0 unspecified atom stereocenters. The van der Waals surface area contributed by atoms with Gasteiger partial charge in [0.1, 0.15) is 12.6 Å². The van der Waals surface area contributed by atoms with Gasteiger partial charge in [-0.2, -0.15) is 0 Å². The summed E-state index contributed by atoms with van der Waals surface area (Å²) in [5.74, 6) is -0.704. The van der Waals surface area contributed by atoms with Crippen molar-refractivity contribution in [3.63, 3.8) is 0 Å². The van der Waals surface area contributed by atoms with Crippen LogP contribution in [0.15, 0.2) is 83.8 Å². The molecule has 40 heavy (non-hydrogen) atoms. The fourth-order valence-electron chi connectivity index (χ4n) is 4.48. The van der Waals surface area contributed by atoms with Crippen LogP contribution in [0.2, 0.25) is 0 Å². The van der Waals surface area contributed by atoms with Gasteiger partial charge in [0.05, 0.1) is 10.6 Å². The van der Waals surface area contributed by atoms with Crippen LogP contribution in [-0.2, 0) is 26.0 Å². The minimum Gasteiger partial charge on any atom is -0.350 e. The topological polar surface area (TPSA) is 86.8 Å². The molecular formula is C32H41N3O4S. The van der Waals surface area contributed by atoms with E-state index in [1.54, 1.807) is 30.3 Å². The van der Waals surface area contributed by atoms with E-state index in [-0.39, 0.29) is 17.3 Å². The number of carbonyl (C=O) groups is 2. The molecule has 214 valence electrons. The Morgan fingerprint density at radius 2 is 1.48 bits per heavy atom. The van der Waals surface area contributed by atoms with Crippen LogP contribution in [0.5, 0.6) is 0 Å². The Balaban J connectivity index is 2.03. The lowest BCUT2D eigenvalue weighted by Crippen LogP contribution is -2.56. The first-order valence-electron chi connectivity index (χ1n) is 13.6. The lowest BCUT2D eigenvalue weighted by Gasteiger charge is -2.35. The van der Waals surface area contributed by atoms with Gasteiger partial charge in [0.25, 0.3) is 10.0 Å². The van der Waals surface area contributed by atoms with Crippen molar-refractivity contribution >= 4 is 27.5 Å². The van der Waals surface area contributed by atoms with Crippen molar-refractivity contribution < 1.29 is 18.0 Å². The second kappa shape index (κ2) is 13.1. The molecule has 0 saturated heterocycles. The minimum atomic E-state index is -4.08. The molecule has 0 fully saturated rings. The molecule has 0 saturated carbocycles. The molecule has 3 rings (SSSR count). The van der Waals surface area contributed by atoms with E-state index < -0.39 is 34.1 Å². The molecule has 0 bridgehead atoms. The maximum absolute atomic E-state index is 14.1. The highest BCUT2D eigenvalue weighted by atomic mass is 32.2. The van der Waals surface area contributed by atoms with E-state index in [9.17, 15) is 18.0 Å². The Morgan fingerprint density at radius 3 is 2.02 bits per heavy atom. The molecule has 1 N–H and O–H groups in total. The zero-order chi connectivity index (χ0) is 29.5. The third kappa shape index (κ3) is 7.94. The van der Waals surface area contributed by atoms with Gasteiger partial charge in [-0.05, 0) is 88.4 Å². The molecule has 2 amide bonds. The van der Waals surface area contributed by atoms with Gasteiger partial charge in [-0.1, -0.05) is 61.5 Å². The molecule has 0 aliphatic rings. The van der Waals surface area contributed by atoms with E-state index in [2.05, 4.69) is 5.32 Å². The summed E-state index contributed by atoms with van der Waals surface area (Å²) in [5.41, 5.74) is 2.86. The van der Waals surface area contributed by atoms with E-state index in [0.717, 1.165) is 21.0 Å². The summed E-state index contributed by atoms with van der Waals surface area (Å²) in [5, 5.41) is 2.99. The average Bonchev–Trinajstić information content (AvgIpc) is 2.91. The van der Waals surface area contributed by atoms with Crippen molar-refractivity contribution in [2.24, 2.45) is 0 Å². The normalized spacial score (nSPS) is 12.4. The summed E-state index contributed by atoms with van der Waals surface area (Å²) >= 11 is 0. The average molecular weight is 564 g/mol. The maximum Gasteiger partial charge on any atom is 0.264 e. The van der Waals surface area contributed by atoms with E-state index in [1.165, 1.54) is 17.0 Å².